The van der Waals surface area contributed by atoms with Gasteiger partial charge in [0.1, 0.15) is 0 Å². The summed E-state index contributed by atoms with van der Waals surface area (Å²) in [6.07, 6.45) is 0. The number of hydrogen-bond acceptors (Lipinski definition) is 1. The molecular weight excluding hydrogens is 271 g/mol. The van der Waals surface area contributed by atoms with E-state index in [-0.39, 0.29) is 0 Å². The molecule has 1 aromatic heterocycles. The molecule has 0 nitrogen and oxygen atoms in total. The lowest BCUT2D eigenvalue weighted by Gasteiger charge is -2.14. The van der Waals surface area contributed by atoms with Crippen molar-refractivity contribution in [3.63, 3.8) is 0 Å². The standard InChI is InChI=1S/C7H11ISSi/c1-10(2,3)7-5-9-4-6(7)8/h4-5H,1-3H3. The molecule has 0 aromatic carbocycles. The molecule has 0 atom stereocenters. The average molecular weight is 282 g/mol. The summed E-state index contributed by atoms with van der Waals surface area (Å²) in [5.74, 6) is 0. The zero-order valence-electron chi connectivity index (χ0n) is 6.44. The maximum absolute atomic E-state index is 2.43. The monoisotopic (exact) mass is 282 g/mol. The van der Waals surface area contributed by atoms with Crippen LogP contribution < -0.4 is 5.19 Å². The van der Waals surface area contributed by atoms with Gasteiger partial charge in [0.2, 0.25) is 0 Å². The van der Waals surface area contributed by atoms with Gasteiger partial charge in [-0.15, -0.1) is 0 Å². The molecule has 0 aliphatic rings. The molecule has 0 bridgehead atoms. The van der Waals surface area contributed by atoms with Gasteiger partial charge in [-0.05, 0) is 33.2 Å². The van der Waals surface area contributed by atoms with Crippen LogP contribution in [0.3, 0.4) is 0 Å². The highest BCUT2D eigenvalue weighted by molar-refractivity contribution is 14.1. The van der Waals surface area contributed by atoms with Crippen LogP contribution in [0.25, 0.3) is 0 Å². The Balaban J connectivity index is 3.05. The number of halogens is 1. The summed E-state index contributed by atoms with van der Waals surface area (Å²) in [5.41, 5.74) is 0. The number of rotatable bonds is 1. The second-order valence-electron chi connectivity index (χ2n) is 3.38. The third-order valence-electron chi connectivity index (χ3n) is 1.42. The first kappa shape index (κ1) is 8.74. The van der Waals surface area contributed by atoms with Crippen LogP contribution in [0.5, 0.6) is 0 Å². The van der Waals surface area contributed by atoms with Crippen molar-refractivity contribution in [2.75, 3.05) is 0 Å². The molecular formula is C7H11ISSi. The van der Waals surface area contributed by atoms with Gasteiger partial charge in [-0.3, -0.25) is 0 Å². The fraction of sp³-hybridized carbons (Fsp3) is 0.429. The van der Waals surface area contributed by atoms with E-state index in [1.807, 2.05) is 11.3 Å². The van der Waals surface area contributed by atoms with E-state index in [1.165, 1.54) is 3.57 Å². The quantitative estimate of drug-likeness (QED) is 0.549. The van der Waals surface area contributed by atoms with Crippen molar-refractivity contribution >= 4 is 47.2 Å². The van der Waals surface area contributed by atoms with Gasteiger partial charge in [-0.1, -0.05) is 19.6 Å². The largest absolute Gasteiger partial charge is 0.151 e. The van der Waals surface area contributed by atoms with Gasteiger partial charge in [-0.2, -0.15) is 11.3 Å². The minimum Gasteiger partial charge on any atom is -0.151 e. The van der Waals surface area contributed by atoms with Gasteiger partial charge in [-0.25, -0.2) is 0 Å². The second kappa shape index (κ2) is 2.95. The third-order valence-corrected chi connectivity index (χ3v) is 6.23. The molecule has 0 N–H and O–H groups in total. The van der Waals surface area contributed by atoms with Gasteiger partial charge in [0.25, 0.3) is 0 Å². The van der Waals surface area contributed by atoms with Crippen LogP contribution in [0.1, 0.15) is 0 Å². The summed E-state index contributed by atoms with van der Waals surface area (Å²) in [7, 11) is -1.02. The maximum Gasteiger partial charge on any atom is 0.0800 e. The summed E-state index contributed by atoms with van der Waals surface area (Å²) in [5, 5.41) is 6.14. The molecule has 0 fully saturated rings. The Bertz CT molecular complexity index is 224. The fourth-order valence-electron chi connectivity index (χ4n) is 0.817. The molecule has 0 aliphatic heterocycles. The molecule has 56 valence electrons. The van der Waals surface area contributed by atoms with E-state index in [0.29, 0.717) is 0 Å². The zero-order chi connectivity index (χ0) is 7.78. The van der Waals surface area contributed by atoms with Gasteiger partial charge in [0.05, 0.1) is 8.07 Å². The Hall–Kier alpha value is 0.647. The summed E-state index contributed by atoms with van der Waals surface area (Å²) in [6.45, 7) is 7.16. The lowest BCUT2D eigenvalue weighted by atomic mass is 10.7. The molecule has 1 rings (SSSR count). The van der Waals surface area contributed by atoms with Crippen LogP contribution in [-0.4, -0.2) is 8.07 Å². The second-order valence-corrected chi connectivity index (χ2v) is 10.3. The summed E-state index contributed by atoms with van der Waals surface area (Å²) < 4.78 is 1.46. The molecule has 0 spiro atoms. The van der Waals surface area contributed by atoms with E-state index in [1.54, 1.807) is 5.19 Å². The first-order chi connectivity index (χ1) is 4.52. The van der Waals surface area contributed by atoms with Crippen LogP contribution >= 0.6 is 33.9 Å². The molecule has 0 radical (unpaired) electrons. The Morgan fingerprint density at radius 3 is 2.10 bits per heavy atom. The molecule has 0 saturated carbocycles. The van der Waals surface area contributed by atoms with Crippen LogP contribution in [-0.2, 0) is 0 Å². The molecule has 10 heavy (non-hydrogen) atoms. The van der Waals surface area contributed by atoms with Crippen LogP contribution in [0.15, 0.2) is 10.8 Å². The average Bonchev–Trinajstić information content (AvgIpc) is 2.11. The van der Waals surface area contributed by atoms with Gasteiger partial charge >= 0.3 is 0 Å². The van der Waals surface area contributed by atoms with E-state index in [4.69, 9.17) is 0 Å². The van der Waals surface area contributed by atoms with Crippen molar-refractivity contribution in [2.24, 2.45) is 0 Å². The molecule has 1 heterocycles. The topological polar surface area (TPSA) is 0 Å². The van der Waals surface area contributed by atoms with Gasteiger partial charge in [0, 0.05) is 8.95 Å². The highest BCUT2D eigenvalue weighted by Crippen LogP contribution is 2.13. The first-order valence-corrected chi connectivity index (χ1v) is 8.76. The fourth-order valence-corrected chi connectivity index (χ4v) is 7.14. The summed E-state index contributed by atoms with van der Waals surface area (Å²) >= 11 is 4.25. The van der Waals surface area contributed by atoms with Gasteiger partial charge < -0.3 is 0 Å². The van der Waals surface area contributed by atoms with Crippen molar-refractivity contribution in [2.45, 2.75) is 19.6 Å². The highest BCUT2D eigenvalue weighted by atomic mass is 127. The number of thiophene rings is 1. The first-order valence-electron chi connectivity index (χ1n) is 3.24. The normalized spacial score (nSPS) is 12.0. The molecule has 3 heteroatoms. The van der Waals surface area contributed by atoms with Crippen molar-refractivity contribution in [1.29, 1.82) is 0 Å². The van der Waals surface area contributed by atoms with E-state index in [2.05, 4.69) is 53.0 Å². The van der Waals surface area contributed by atoms with Gasteiger partial charge in [0.15, 0.2) is 0 Å². The maximum atomic E-state index is 2.43. The van der Waals surface area contributed by atoms with Crippen LogP contribution in [0.4, 0.5) is 0 Å². The highest BCUT2D eigenvalue weighted by Gasteiger charge is 2.19. The van der Waals surface area contributed by atoms with Crippen LogP contribution in [0, 0.1) is 3.57 Å². The Morgan fingerprint density at radius 2 is 1.90 bits per heavy atom. The lowest BCUT2D eigenvalue weighted by molar-refractivity contribution is 1.74. The smallest absolute Gasteiger partial charge is 0.0800 e. The Kier molecular flexibility index (Phi) is 2.58. The van der Waals surface area contributed by atoms with Crippen molar-refractivity contribution < 1.29 is 0 Å². The van der Waals surface area contributed by atoms with Crippen molar-refractivity contribution in [1.82, 2.24) is 0 Å². The Labute approximate surface area is 80.8 Å². The molecule has 0 amide bonds. The molecule has 0 saturated heterocycles. The van der Waals surface area contributed by atoms with Crippen molar-refractivity contribution in [3.05, 3.63) is 14.3 Å². The molecule has 0 aliphatic carbocycles. The summed E-state index contributed by atoms with van der Waals surface area (Å²) in [4.78, 5) is 0. The SMILES string of the molecule is C[Si](C)(C)c1cscc1I. The summed E-state index contributed by atoms with van der Waals surface area (Å²) in [6, 6.07) is 0. The lowest BCUT2D eigenvalue weighted by Crippen LogP contribution is -2.38. The zero-order valence-corrected chi connectivity index (χ0v) is 10.4. The molecule has 1 aromatic rings. The molecule has 0 unspecified atom stereocenters. The van der Waals surface area contributed by atoms with Crippen molar-refractivity contribution in [3.8, 4) is 0 Å². The third kappa shape index (κ3) is 1.82. The van der Waals surface area contributed by atoms with E-state index in [0.717, 1.165) is 0 Å². The predicted molar refractivity (Wildman–Crippen MR) is 60.0 cm³/mol. The van der Waals surface area contributed by atoms with E-state index in [9.17, 15) is 0 Å². The Morgan fingerprint density at radius 1 is 1.30 bits per heavy atom. The van der Waals surface area contributed by atoms with E-state index >= 15 is 0 Å². The minimum atomic E-state index is -1.02. The number of hydrogen-bond donors (Lipinski definition) is 0. The van der Waals surface area contributed by atoms with Crippen LogP contribution in [0.2, 0.25) is 19.6 Å². The predicted octanol–water partition coefficient (Wildman–Crippen LogP) is 2.90. The van der Waals surface area contributed by atoms with E-state index < -0.39 is 8.07 Å². The minimum absolute atomic E-state index is 1.02.